The number of hydrogen-bond acceptors (Lipinski definition) is 6. The van der Waals surface area contributed by atoms with Gasteiger partial charge in [-0.25, -0.2) is 4.98 Å². The number of hydrogen-bond donors (Lipinski definition) is 2. The minimum Gasteiger partial charge on any atom is -0.375 e. The monoisotopic (exact) mass is 343 g/mol. The summed E-state index contributed by atoms with van der Waals surface area (Å²) in [6.07, 6.45) is 3.32. The molecule has 0 spiro atoms. The fourth-order valence-electron chi connectivity index (χ4n) is 2.10. The standard InChI is InChI=1S/C16H21N7S/c1-22(2)14-13(10-19-21-15(17)24)9-18-16(20-14)23(3)11-12-7-5-4-6-8-12/h4-10H,11H2,1-3H3,(H3,17,21,24)/b19-10+. The third-order valence-corrected chi connectivity index (χ3v) is 3.28. The number of nitrogens with one attached hydrogen (secondary N) is 1. The molecule has 0 fully saturated rings. The minimum absolute atomic E-state index is 0.109. The van der Waals surface area contributed by atoms with Gasteiger partial charge < -0.3 is 15.5 Å². The molecule has 0 saturated heterocycles. The van der Waals surface area contributed by atoms with E-state index in [-0.39, 0.29) is 5.11 Å². The molecular formula is C16H21N7S. The lowest BCUT2D eigenvalue weighted by Crippen LogP contribution is -2.24. The molecule has 0 amide bonds. The van der Waals surface area contributed by atoms with Gasteiger partial charge in [0.05, 0.1) is 11.8 Å². The summed E-state index contributed by atoms with van der Waals surface area (Å²) in [4.78, 5) is 12.9. The molecule has 1 aromatic heterocycles. The first-order chi connectivity index (χ1) is 11.5. The summed E-state index contributed by atoms with van der Waals surface area (Å²) in [5.74, 6) is 1.40. The van der Waals surface area contributed by atoms with Crippen LogP contribution in [-0.2, 0) is 6.54 Å². The summed E-state index contributed by atoms with van der Waals surface area (Å²) in [5, 5.41) is 4.07. The molecule has 8 heteroatoms. The van der Waals surface area contributed by atoms with Crippen molar-refractivity contribution in [3.63, 3.8) is 0 Å². The number of rotatable bonds is 6. The zero-order valence-corrected chi connectivity index (χ0v) is 14.8. The molecule has 0 aliphatic rings. The predicted molar refractivity (Wildman–Crippen MR) is 102 cm³/mol. The molecule has 0 aliphatic heterocycles. The molecule has 0 radical (unpaired) electrons. The van der Waals surface area contributed by atoms with Crippen LogP contribution in [0.1, 0.15) is 11.1 Å². The van der Waals surface area contributed by atoms with Gasteiger partial charge in [0, 0.05) is 33.9 Å². The fraction of sp³-hybridized carbons (Fsp3) is 0.250. The second-order valence-corrected chi connectivity index (χ2v) is 5.86. The van der Waals surface area contributed by atoms with Crippen molar-refractivity contribution in [2.45, 2.75) is 6.54 Å². The smallest absolute Gasteiger partial charge is 0.227 e. The Balaban J connectivity index is 2.21. The maximum Gasteiger partial charge on any atom is 0.227 e. The number of benzene rings is 1. The van der Waals surface area contributed by atoms with Gasteiger partial charge in [-0.05, 0) is 17.8 Å². The summed E-state index contributed by atoms with van der Waals surface area (Å²) in [6, 6.07) is 10.2. The Morgan fingerprint density at radius 1 is 1.29 bits per heavy atom. The molecule has 0 saturated carbocycles. The minimum atomic E-state index is 0.109. The van der Waals surface area contributed by atoms with Crippen LogP contribution in [0.25, 0.3) is 0 Å². The van der Waals surface area contributed by atoms with Gasteiger partial charge in [0.1, 0.15) is 5.82 Å². The second-order valence-electron chi connectivity index (χ2n) is 5.42. The van der Waals surface area contributed by atoms with Crippen molar-refractivity contribution in [2.24, 2.45) is 10.8 Å². The van der Waals surface area contributed by atoms with E-state index in [1.807, 2.05) is 49.1 Å². The first kappa shape index (κ1) is 17.6. The second kappa shape index (κ2) is 8.21. The van der Waals surface area contributed by atoms with Gasteiger partial charge in [0.2, 0.25) is 5.95 Å². The van der Waals surface area contributed by atoms with Crippen molar-refractivity contribution in [2.75, 3.05) is 30.9 Å². The van der Waals surface area contributed by atoms with Gasteiger partial charge in [-0.3, -0.25) is 5.43 Å². The maximum absolute atomic E-state index is 5.35. The summed E-state index contributed by atoms with van der Waals surface area (Å²) in [7, 11) is 5.80. The van der Waals surface area contributed by atoms with E-state index in [0.29, 0.717) is 5.95 Å². The summed E-state index contributed by atoms with van der Waals surface area (Å²) < 4.78 is 0. The van der Waals surface area contributed by atoms with Crippen molar-refractivity contribution in [3.8, 4) is 0 Å². The first-order valence-electron chi connectivity index (χ1n) is 7.35. The number of aromatic nitrogens is 2. The highest BCUT2D eigenvalue weighted by Crippen LogP contribution is 2.18. The average Bonchev–Trinajstić information content (AvgIpc) is 2.55. The van der Waals surface area contributed by atoms with Crippen LogP contribution in [0.3, 0.4) is 0 Å². The van der Waals surface area contributed by atoms with Gasteiger partial charge in [-0.15, -0.1) is 0 Å². The van der Waals surface area contributed by atoms with Crippen LogP contribution in [0.4, 0.5) is 11.8 Å². The van der Waals surface area contributed by atoms with E-state index in [0.717, 1.165) is 17.9 Å². The van der Waals surface area contributed by atoms with Crippen LogP contribution >= 0.6 is 12.2 Å². The Hall–Kier alpha value is -2.74. The Morgan fingerprint density at radius 2 is 2.00 bits per heavy atom. The Kier molecular flexibility index (Phi) is 6.02. The van der Waals surface area contributed by atoms with E-state index in [1.54, 1.807) is 12.4 Å². The highest BCUT2D eigenvalue weighted by atomic mass is 32.1. The molecule has 0 aliphatic carbocycles. The number of nitrogens with two attached hydrogens (primary N) is 1. The molecule has 3 N–H and O–H groups in total. The molecule has 1 heterocycles. The molecule has 0 atom stereocenters. The van der Waals surface area contributed by atoms with Gasteiger partial charge in [-0.2, -0.15) is 10.1 Å². The van der Waals surface area contributed by atoms with Gasteiger partial charge >= 0.3 is 0 Å². The molecule has 0 bridgehead atoms. The molecule has 1 aromatic carbocycles. The van der Waals surface area contributed by atoms with Crippen LogP contribution in [-0.4, -0.2) is 42.4 Å². The largest absolute Gasteiger partial charge is 0.375 e. The molecule has 126 valence electrons. The van der Waals surface area contributed by atoms with E-state index in [4.69, 9.17) is 18.0 Å². The quantitative estimate of drug-likeness (QED) is 0.465. The van der Waals surface area contributed by atoms with Crippen molar-refractivity contribution in [1.29, 1.82) is 0 Å². The number of nitrogens with zero attached hydrogens (tertiary/aromatic N) is 5. The van der Waals surface area contributed by atoms with E-state index in [9.17, 15) is 0 Å². The van der Waals surface area contributed by atoms with Crippen LogP contribution in [0.5, 0.6) is 0 Å². The van der Waals surface area contributed by atoms with Crippen LogP contribution in [0.2, 0.25) is 0 Å². The van der Waals surface area contributed by atoms with E-state index < -0.39 is 0 Å². The lowest BCUT2D eigenvalue weighted by atomic mass is 10.2. The molecular weight excluding hydrogens is 322 g/mol. The normalized spacial score (nSPS) is 10.6. The molecule has 2 rings (SSSR count). The number of thiocarbonyl (C=S) groups is 1. The molecule has 7 nitrogen and oxygen atoms in total. The SMILES string of the molecule is CN(C)c1nc(N(C)Cc2ccccc2)ncc1/C=N/NC(N)=S. The molecule has 24 heavy (non-hydrogen) atoms. The van der Waals surface area contributed by atoms with Crippen LogP contribution in [0.15, 0.2) is 41.6 Å². The Labute approximate surface area is 147 Å². The summed E-state index contributed by atoms with van der Waals surface area (Å²) in [5.41, 5.74) is 9.83. The lowest BCUT2D eigenvalue weighted by Gasteiger charge is -2.20. The molecule has 2 aromatic rings. The summed E-state index contributed by atoms with van der Waals surface area (Å²) >= 11 is 4.72. The highest BCUT2D eigenvalue weighted by Gasteiger charge is 2.11. The van der Waals surface area contributed by atoms with Crippen molar-refractivity contribution in [3.05, 3.63) is 47.7 Å². The Morgan fingerprint density at radius 3 is 2.62 bits per heavy atom. The topological polar surface area (TPSA) is 82.7 Å². The third kappa shape index (κ3) is 4.88. The maximum atomic E-state index is 5.35. The summed E-state index contributed by atoms with van der Waals surface area (Å²) in [6.45, 7) is 0.726. The zero-order chi connectivity index (χ0) is 17.5. The van der Waals surface area contributed by atoms with E-state index in [1.165, 1.54) is 5.56 Å². The van der Waals surface area contributed by atoms with Gasteiger partial charge in [-0.1, -0.05) is 30.3 Å². The van der Waals surface area contributed by atoms with Crippen molar-refractivity contribution < 1.29 is 0 Å². The first-order valence-corrected chi connectivity index (χ1v) is 7.76. The van der Waals surface area contributed by atoms with E-state index in [2.05, 4.69) is 32.6 Å². The average molecular weight is 343 g/mol. The Bertz CT molecular complexity index is 716. The molecule has 0 unspecified atom stereocenters. The van der Waals surface area contributed by atoms with E-state index >= 15 is 0 Å². The fourth-order valence-corrected chi connectivity index (χ4v) is 2.15. The van der Waals surface area contributed by atoms with Crippen LogP contribution < -0.4 is 21.0 Å². The lowest BCUT2D eigenvalue weighted by molar-refractivity contribution is 0.860. The highest BCUT2D eigenvalue weighted by molar-refractivity contribution is 7.80. The number of hydrazone groups is 1. The van der Waals surface area contributed by atoms with Crippen LogP contribution in [0, 0.1) is 0 Å². The van der Waals surface area contributed by atoms with Gasteiger partial charge in [0.25, 0.3) is 0 Å². The predicted octanol–water partition coefficient (Wildman–Crippen LogP) is 1.35. The zero-order valence-electron chi connectivity index (χ0n) is 14.0. The van der Waals surface area contributed by atoms with Crippen molar-refractivity contribution in [1.82, 2.24) is 15.4 Å². The van der Waals surface area contributed by atoms with Gasteiger partial charge in [0.15, 0.2) is 5.11 Å². The number of anilines is 2. The third-order valence-electron chi connectivity index (χ3n) is 3.19. The van der Waals surface area contributed by atoms with Crippen molar-refractivity contribution >= 4 is 35.3 Å².